The Labute approximate surface area is 146 Å². The Kier molecular flexibility index (Phi) is 3.80. The molecule has 0 aliphatic rings. The largest absolute Gasteiger partial charge is 0.321 e. The maximum absolute atomic E-state index is 5.22. The molecule has 0 saturated heterocycles. The smallest absolute Gasteiger partial charge is 0.144 e. The van der Waals surface area contributed by atoms with Crippen molar-refractivity contribution in [2.45, 2.75) is 0 Å². The zero-order valence-electron chi connectivity index (χ0n) is 11.9. The molecule has 0 fully saturated rings. The van der Waals surface area contributed by atoms with E-state index in [9.17, 15) is 0 Å². The molecule has 0 unspecified atom stereocenters. The molecule has 0 saturated carbocycles. The van der Waals surface area contributed by atoms with Crippen molar-refractivity contribution in [2.75, 3.05) is 0 Å². The number of aromatic nitrogens is 2. The number of hydrogen-bond donors (Lipinski definition) is 0. The number of fused-ring (bicyclic) bond motifs is 1. The highest BCUT2D eigenvalue weighted by Gasteiger charge is 2.03. The Bertz CT molecular complexity index is 1040. The third-order valence-corrected chi connectivity index (χ3v) is 5.89. The fraction of sp³-hybridized carbons (Fsp3) is 0. The van der Waals surface area contributed by atoms with Gasteiger partial charge in [0.2, 0.25) is 0 Å². The number of nitrogens with zero attached hydrogens (tertiary/aromatic N) is 2. The first-order valence-electron chi connectivity index (χ1n) is 6.92. The van der Waals surface area contributed by atoms with Gasteiger partial charge in [0.25, 0.3) is 0 Å². The Morgan fingerprint density at radius 3 is 2.00 bits per heavy atom. The predicted octanol–water partition coefficient (Wildman–Crippen LogP) is 5.28. The van der Waals surface area contributed by atoms with E-state index in [1.807, 2.05) is 24.3 Å². The SMILES string of the molecule is S=c1sc2cn(-c3ccc(C#Cc4ccncc4)cc3)cc2s1. The molecule has 0 atom stereocenters. The lowest BCUT2D eigenvalue weighted by Crippen LogP contribution is -1.89. The minimum atomic E-state index is 0.968. The maximum Gasteiger partial charge on any atom is 0.144 e. The fourth-order valence-corrected chi connectivity index (χ4v) is 4.71. The number of hydrogen-bond acceptors (Lipinski definition) is 4. The molecule has 5 heteroatoms. The van der Waals surface area contributed by atoms with Crippen LogP contribution in [-0.2, 0) is 0 Å². The lowest BCUT2D eigenvalue weighted by Gasteiger charge is -2.02. The molecule has 1 aromatic carbocycles. The van der Waals surface area contributed by atoms with Gasteiger partial charge in [0.1, 0.15) is 3.14 Å². The van der Waals surface area contributed by atoms with Crippen LogP contribution in [0.1, 0.15) is 11.1 Å². The molecule has 23 heavy (non-hydrogen) atoms. The molecule has 3 heterocycles. The van der Waals surface area contributed by atoms with E-state index in [1.165, 1.54) is 9.40 Å². The lowest BCUT2D eigenvalue weighted by molar-refractivity contribution is 1.09. The molecule has 0 amide bonds. The molecule has 0 spiro atoms. The fourth-order valence-electron chi connectivity index (χ4n) is 2.22. The average Bonchev–Trinajstić information content (AvgIpc) is 3.12. The Morgan fingerprint density at radius 2 is 1.39 bits per heavy atom. The van der Waals surface area contributed by atoms with Crippen LogP contribution < -0.4 is 0 Å². The van der Waals surface area contributed by atoms with Crippen molar-refractivity contribution in [1.29, 1.82) is 0 Å². The van der Waals surface area contributed by atoms with E-state index >= 15 is 0 Å². The van der Waals surface area contributed by atoms with Gasteiger partial charge in [0.05, 0.1) is 9.40 Å². The van der Waals surface area contributed by atoms with E-state index in [2.05, 4.69) is 45.9 Å². The first-order valence-corrected chi connectivity index (χ1v) is 8.96. The van der Waals surface area contributed by atoms with Crippen LogP contribution in [0, 0.1) is 15.0 Å². The lowest BCUT2D eigenvalue weighted by atomic mass is 10.2. The summed E-state index contributed by atoms with van der Waals surface area (Å²) in [6.45, 7) is 0. The molecule has 0 aliphatic heterocycles. The van der Waals surface area contributed by atoms with Crippen LogP contribution in [0.15, 0.2) is 61.2 Å². The zero-order valence-corrected chi connectivity index (χ0v) is 14.3. The quantitative estimate of drug-likeness (QED) is 0.343. The van der Waals surface area contributed by atoms with E-state index in [0.29, 0.717) is 0 Å². The molecular weight excluding hydrogens is 340 g/mol. The zero-order chi connectivity index (χ0) is 15.6. The Hall–Kier alpha value is -2.26. The highest BCUT2D eigenvalue weighted by atomic mass is 32.2. The van der Waals surface area contributed by atoms with Crippen LogP contribution >= 0.6 is 34.9 Å². The van der Waals surface area contributed by atoms with Gasteiger partial charge in [-0.05, 0) is 36.4 Å². The van der Waals surface area contributed by atoms with Crippen LogP contribution in [0.2, 0.25) is 0 Å². The van der Waals surface area contributed by atoms with E-state index in [0.717, 1.165) is 20.0 Å². The van der Waals surface area contributed by atoms with Gasteiger partial charge in [-0.25, -0.2) is 0 Å². The number of benzene rings is 1. The minimum absolute atomic E-state index is 0.968. The van der Waals surface area contributed by atoms with Crippen molar-refractivity contribution < 1.29 is 0 Å². The van der Waals surface area contributed by atoms with Crippen molar-refractivity contribution in [1.82, 2.24) is 9.55 Å². The summed E-state index contributed by atoms with van der Waals surface area (Å²) in [5.74, 6) is 6.31. The van der Waals surface area contributed by atoms with Crippen LogP contribution in [0.25, 0.3) is 15.1 Å². The van der Waals surface area contributed by atoms with Crippen LogP contribution in [0.4, 0.5) is 0 Å². The second-order valence-corrected chi connectivity index (χ2v) is 8.17. The van der Waals surface area contributed by atoms with E-state index in [1.54, 1.807) is 35.1 Å². The van der Waals surface area contributed by atoms with E-state index in [4.69, 9.17) is 12.2 Å². The normalized spacial score (nSPS) is 10.4. The highest BCUT2D eigenvalue weighted by molar-refractivity contribution is 7.77. The molecule has 0 radical (unpaired) electrons. The van der Waals surface area contributed by atoms with Crippen molar-refractivity contribution in [3.63, 3.8) is 0 Å². The summed E-state index contributed by atoms with van der Waals surface area (Å²) in [7, 11) is 0. The molecular formula is C18H10N2S3. The highest BCUT2D eigenvalue weighted by Crippen LogP contribution is 2.30. The van der Waals surface area contributed by atoms with Gasteiger partial charge < -0.3 is 4.57 Å². The first-order chi connectivity index (χ1) is 11.3. The van der Waals surface area contributed by atoms with Gasteiger partial charge >= 0.3 is 0 Å². The Morgan fingerprint density at radius 1 is 0.826 bits per heavy atom. The van der Waals surface area contributed by atoms with Crippen LogP contribution in [0.5, 0.6) is 0 Å². The van der Waals surface area contributed by atoms with Crippen molar-refractivity contribution in [3.05, 3.63) is 75.4 Å². The van der Waals surface area contributed by atoms with Gasteiger partial charge in [0, 0.05) is 41.6 Å². The van der Waals surface area contributed by atoms with Gasteiger partial charge in [-0.1, -0.05) is 24.1 Å². The summed E-state index contributed by atoms with van der Waals surface area (Å²) in [6, 6.07) is 12.1. The number of rotatable bonds is 1. The van der Waals surface area contributed by atoms with Gasteiger partial charge in [-0.2, -0.15) is 0 Å². The third kappa shape index (κ3) is 3.10. The van der Waals surface area contributed by atoms with Crippen molar-refractivity contribution in [2.24, 2.45) is 0 Å². The monoisotopic (exact) mass is 350 g/mol. The molecule has 0 aliphatic carbocycles. The first kappa shape index (κ1) is 14.3. The average molecular weight is 350 g/mol. The van der Waals surface area contributed by atoms with E-state index < -0.39 is 0 Å². The minimum Gasteiger partial charge on any atom is -0.321 e. The summed E-state index contributed by atoms with van der Waals surface area (Å²) in [6.07, 6.45) is 7.76. The summed E-state index contributed by atoms with van der Waals surface area (Å²) < 4.78 is 5.58. The van der Waals surface area contributed by atoms with Gasteiger partial charge in [0.15, 0.2) is 0 Å². The molecule has 0 N–H and O–H groups in total. The third-order valence-electron chi connectivity index (χ3n) is 3.34. The van der Waals surface area contributed by atoms with Crippen LogP contribution in [0.3, 0.4) is 0 Å². The molecule has 2 nitrogen and oxygen atoms in total. The van der Waals surface area contributed by atoms with E-state index in [-0.39, 0.29) is 0 Å². The molecule has 110 valence electrons. The summed E-state index contributed by atoms with van der Waals surface area (Å²) in [4.78, 5) is 3.99. The van der Waals surface area contributed by atoms with Gasteiger partial charge in [-0.3, -0.25) is 4.98 Å². The van der Waals surface area contributed by atoms with Crippen molar-refractivity contribution in [3.8, 4) is 17.5 Å². The predicted molar refractivity (Wildman–Crippen MR) is 100 cm³/mol. The molecule has 4 aromatic rings. The standard InChI is InChI=1S/C18H10N2S3/c21-18-22-16-11-20(12-17(16)23-18)15-5-3-13(4-6-15)1-2-14-7-9-19-10-8-14/h3-12H. The summed E-state index contributed by atoms with van der Waals surface area (Å²) in [5.41, 5.74) is 3.09. The maximum atomic E-state index is 5.22. The van der Waals surface area contributed by atoms with Gasteiger partial charge in [-0.15, -0.1) is 22.7 Å². The summed E-state index contributed by atoms with van der Waals surface area (Å²) >= 11 is 8.54. The molecule has 4 rings (SSSR count). The Balaban J connectivity index is 1.61. The van der Waals surface area contributed by atoms with Crippen LogP contribution in [-0.4, -0.2) is 9.55 Å². The second kappa shape index (κ2) is 6.09. The number of pyridine rings is 1. The summed E-state index contributed by atoms with van der Waals surface area (Å²) in [5, 5.41) is 0. The molecule has 3 aromatic heterocycles. The molecule has 0 bridgehead atoms. The topological polar surface area (TPSA) is 17.8 Å². The second-order valence-electron chi connectivity index (χ2n) is 4.88. The van der Waals surface area contributed by atoms with Crippen molar-refractivity contribution >= 4 is 44.3 Å².